The van der Waals surface area contributed by atoms with Gasteiger partial charge in [0, 0.05) is 32.0 Å². The lowest BCUT2D eigenvalue weighted by atomic mass is 10.0. The summed E-state index contributed by atoms with van der Waals surface area (Å²) in [6.45, 7) is 2.68. The smallest absolute Gasteiger partial charge is 0.106 e. The van der Waals surface area contributed by atoms with E-state index in [9.17, 15) is 0 Å². The van der Waals surface area contributed by atoms with Gasteiger partial charge in [0.2, 0.25) is 0 Å². The second kappa shape index (κ2) is 6.11. The number of thiocarbonyl (C=S) groups is 1. The van der Waals surface area contributed by atoms with Crippen LogP contribution in [0.2, 0.25) is 0 Å². The number of nitrogens with zero attached hydrogens (tertiary/aromatic N) is 2. The highest BCUT2D eigenvalue weighted by molar-refractivity contribution is 7.80. The summed E-state index contributed by atoms with van der Waals surface area (Å²) in [5.41, 5.74) is 7.62. The van der Waals surface area contributed by atoms with E-state index in [1.807, 2.05) is 19.3 Å². The van der Waals surface area contributed by atoms with Gasteiger partial charge in [-0.2, -0.15) is 0 Å². The molecule has 1 aromatic rings. The second-order valence-corrected chi connectivity index (χ2v) is 5.16. The van der Waals surface area contributed by atoms with Crippen LogP contribution in [0.3, 0.4) is 0 Å². The molecule has 1 atom stereocenters. The first-order valence-electron chi connectivity index (χ1n) is 6.21. The SMILES string of the molecule is CN(CC1CCCOC1)c1cnccc1C(N)=S. The van der Waals surface area contributed by atoms with Gasteiger partial charge in [-0.15, -0.1) is 0 Å². The van der Waals surface area contributed by atoms with E-state index in [2.05, 4.69) is 9.88 Å². The molecule has 5 heteroatoms. The summed E-state index contributed by atoms with van der Waals surface area (Å²) < 4.78 is 5.50. The molecule has 0 spiro atoms. The van der Waals surface area contributed by atoms with Crippen molar-refractivity contribution >= 4 is 22.9 Å². The molecule has 4 nitrogen and oxygen atoms in total. The van der Waals surface area contributed by atoms with E-state index in [1.54, 1.807) is 6.20 Å². The molecule has 1 aliphatic heterocycles. The minimum atomic E-state index is 0.416. The van der Waals surface area contributed by atoms with Crippen molar-refractivity contribution in [2.24, 2.45) is 11.7 Å². The maximum absolute atomic E-state index is 5.74. The first-order valence-corrected chi connectivity index (χ1v) is 6.62. The highest BCUT2D eigenvalue weighted by Crippen LogP contribution is 2.21. The molecule has 1 fully saturated rings. The predicted molar refractivity (Wildman–Crippen MR) is 76.9 cm³/mol. The summed E-state index contributed by atoms with van der Waals surface area (Å²) >= 11 is 5.07. The summed E-state index contributed by atoms with van der Waals surface area (Å²) in [5, 5.41) is 0. The van der Waals surface area contributed by atoms with Gasteiger partial charge >= 0.3 is 0 Å². The zero-order valence-corrected chi connectivity index (χ0v) is 11.4. The summed E-state index contributed by atoms with van der Waals surface area (Å²) in [6.07, 6.45) is 5.90. The van der Waals surface area contributed by atoms with E-state index >= 15 is 0 Å². The Morgan fingerprint density at radius 1 is 1.67 bits per heavy atom. The highest BCUT2D eigenvalue weighted by Gasteiger charge is 2.18. The molecule has 2 heterocycles. The van der Waals surface area contributed by atoms with Crippen LogP contribution in [0.25, 0.3) is 0 Å². The Bertz CT molecular complexity index is 418. The summed E-state index contributed by atoms with van der Waals surface area (Å²) in [6, 6.07) is 1.87. The third-order valence-corrected chi connectivity index (χ3v) is 3.48. The van der Waals surface area contributed by atoms with Crippen LogP contribution in [0.1, 0.15) is 18.4 Å². The maximum Gasteiger partial charge on any atom is 0.106 e. The molecule has 1 aliphatic rings. The van der Waals surface area contributed by atoms with E-state index in [4.69, 9.17) is 22.7 Å². The minimum absolute atomic E-state index is 0.416. The van der Waals surface area contributed by atoms with Crippen molar-refractivity contribution in [2.75, 3.05) is 31.7 Å². The fraction of sp³-hybridized carbons (Fsp3) is 0.538. The number of nitrogens with two attached hydrogens (primary N) is 1. The third-order valence-electron chi connectivity index (χ3n) is 3.26. The number of pyridine rings is 1. The summed E-state index contributed by atoms with van der Waals surface area (Å²) in [4.78, 5) is 6.74. The van der Waals surface area contributed by atoms with Crippen LogP contribution in [0.4, 0.5) is 5.69 Å². The van der Waals surface area contributed by atoms with E-state index in [0.29, 0.717) is 10.9 Å². The van der Waals surface area contributed by atoms with Crippen LogP contribution in [0, 0.1) is 5.92 Å². The monoisotopic (exact) mass is 265 g/mol. The van der Waals surface area contributed by atoms with Crippen molar-refractivity contribution in [3.63, 3.8) is 0 Å². The van der Waals surface area contributed by atoms with E-state index < -0.39 is 0 Å². The van der Waals surface area contributed by atoms with Crippen molar-refractivity contribution < 1.29 is 4.74 Å². The van der Waals surface area contributed by atoms with Crippen molar-refractivity contribution in [2.45, 2.75) is 12.8 Å². The van der Waals surface area contributed by atoms with Crippen molar-refractivity contribution in [1.29, 1.82) is 0 Å². The first-order chi connectivity index (χ1) is 8.68. The minimum Gasteiger partial charge on any atom is -0.389 e. The van der Waals surface area contributed by atoms with Gasteiger partial charge in [0.15, 0.2) is 0 Å². The molecule has 18 heavy (non-hydrogen) atoms. The number of aromatic nitrogens is 1. The van der Waals surface area contributed by atoms with Gasteiger partial charge in [-0.1, -0.05) is 12.2 Å². The lowest BCUT2D eigenvalue weighted by Gasteiger charge is -2.29. The molecule has 1 aromatic heterocycles. The van der Waals surface area contributed by atoms with Crippen LogP contribution in [0.15, 0.2) is 18.5 Å². The summed E-state index contributed by atoms with van der Waals surface area (Å²) in [7, 11) is 2.05. The van der Waals surface area contributed by atoms with Crippen LogP contribution in [-0.2, 0) is 4.74 Å². The number of rotatable bonds is 4. The molecule has 0 aromatic carbocycles. The fourth-order valence-corrected chi connectivity index (χ4v) is 2.51. The number of hydrogen-bond donors (Lipinski definition) is 1. The Morgan fingerprint density at radius 2 is 2.50 bits per heavy atom. The van der Waals surface area contributed by atoms with Crippen molar-refractivity contribution in [3.05, 3.63) is 24.0 Å². The molecule has 0 aliphatic carbocycles. The van der Waals surface area contributed by atoms with Gasteiger partial charge in [0.05, 0.1) is 18.5 Å². The molecule has 0 saturated carbocycles. The number of ether oxygens (including phenoxy) is 1. The van der Waals surface area contributed by atoms with E-state index in [1.165, 1.54) is 6.42 Å². The van der Waals surface area contributed by atoms with Crippen molar-refractivity contribution in [3.8, 4) is 0 Å². The lowest BCUT2D eigenvalue weighted by molar-refractivity contribution is 0.0576. The predicted octanol–water partition coefficient (Wildman–Crippen LogP) is 1.58. The van der Waals surface area contributed by atoms with Gasteiger partial charge in [-0.3, -0.25) is 4.98 Å². The van der Waals surface area contributed by atoms with Crippen LogP contribution >= 0.6 is 12.2 Å². The van der Waals surface area contributed by atoms with Gasteiger partial charge in [0.25, 0.3) is 0 Å². The molecule has 1 unspecified atom stereocenters. The zero-order chi connectivity index (χ0) is 13.0. The molecule has 2 rings (SSSR count). The quantitative estimate of drug-likeness (QED) is 0.838. The lowest BCUT2D eigenvalue weighted by Crippen LogP contribution is -2.32. The fourth-order valence-electron chi connectivity index (χ4n) is 2.34. The first kappa shape index (κ1) is 13.2. The molecule has 2 N–H and O–H groups in total. The molecule has 0 amide bonds. The van der Waals surface area contributed by atoms with E-state index in [0.717, 1.165) is 37.4 Å². The molecule has 0 radical (unpaired) electrons. The molecule has 98 valence electrons. The Kier molecular flexibility index (Phi) is 4.49. The average Bonchev–Trinajstić information content (AvgIpc) is 2.40. The second-order valence-electron chi connectivity index (χ2n) is 4.72. The van der Waals surface area contributed by atoms with Crippen LogP contribution < -0.4 is 10.6 Å². The Hall–Kier alpha value is -1.20. The topological polar surface area (TPSA) is 51.4 Å². The zero-order valence-electron chi connectivity index (χ0n) is 10.6. The maximum atomic E-state index is 5.74. The van der Waals surface area contributed by atoms with Crippen LogP contribution in [-0.4, -0.2) is 36.8 Å². The van der Waals surface area contributed by atoms with Crippen molar-refractivity contribution in [1.82, 2.24) is 4.98 Å². The van der Waals surface area contributed by atoms with Crippen LogP contribution in [0.5, 0.6) is 0 Å². The Morgan fingerprint density at radius 3 is 3.17 bits per heavy atom. The molecular formula is C13H19N3OS. The molecule has 1 saturated heterocycles. The standard InChI is InChI=1S/C13H19N3OS/c1-16(8-10-3-2-6-17-9-10)12-7-15-5-4-11(12)13(14)18/h4-5,7,10H,2-3,6,8-9H2,1H3,(H2,14,18). The van der Waals surface area contributed by atoms with Gasteiger partial charge in [-0.05, 0) is 24.8 Å². The Labute approximate surface area is 113 Å². The van der Waals surface area contributed by atoms with Gasteiger partial charge in [0.1, 0.15) is 4.99 Å². The van der Waals surface area contributed by atoms with Gasteiger partial charge < -0.3 is 15.4 Å². The molecule has 0 bridgehead atoms. The summed E-state index contributed by atoms with van der Waals surface area (Å²) in [5.74, 6) is 0.572. The highest BCUT2D eigenvalue weighted by atomic mass is 32.1. The largest absolute Gasteiger partial charge is 0.389 e. The number of anilines is 1. The van der Waals surface area contributed by atoms with Gasteiger partial charge in [-0.25, -0.2) is 0 Å². The normalized spacial score (nSPS) is 19.5. The average molecular weight is 265 g/mol. The van der Waals surface area contributed by atoms with E-state index in [-0.39, 0.29) is 0 Å². The third kappa shape index (κ3) is 3.17. The Balaban J connectivity index is 2.08. The number of hydrogen-bond acceptors (Lipinski definition) is 4. The molecular weight excluding hydrogens is 246 g/mol.